The summed E-state index contributed by atoms with van der Waals surface area (Å²) in [7, 11) is 0. The fraction of sp³-hybridized carbons (Fsp3) is 0.857. The third-order valence-electron chi connectivity index (χ3n) is 4.33. The first-order chi connectivity index (χ1) is 10.3. The maximum Gasteiger partial charge on any atom is 0.339 e. The molecule has 0 bridgehead atoms. The van der Waals surface area contributed by atoms with Crippen LogP contribution >= 0.6 is 0 Å². The van der Waals surface area contributed by atoms with Gasteiger partial charge in [-0.3, -0.25) is 0 Å². The van der Waals surface area contributed by atoms with Crippen LogP contribution in [0.2, 0.25) is 0 Å². The first-order valence-electron chi connectivity index (χ1n) is 7.44. The van der Waals surface area contributed by atoms with Gasteiger partial charge in [0.15, 0.2) is 0 Å². The summed E-state index contributed by atoms with van der Waals surface area (Å²) in [4.78, 5) is 22.9. The molecule has 0 aromatic carbocycles. The first-order valence-corrected chi connectivity index (χ1v) is 7.44. The Morgan fingerprint density at radius 1 is 0.864 bits per heavy atom. The Hall–Kier alpha value is -1.22. The zero-order valence-electron chi connectivity index (χ0n) is 12.2. The van der Waals surface area contributed by atoms with E-state index < -0.39 is 23.1 Å². The Labute approximate surface area is 127 Å². The smallest absolute Gasteiger partial charge is 0.339 e. The lowest BCUT2D eigenvalue weighted by Crippen LogP contribution is -2.63. The van der Waals surface area contributed by atoms with Crippen molar-refractivity contribution in [2.45, 2.75) is 61.9 Å². The molecule has 4 N–H and O–H groups in total. The molecule has 0 radical (unpaired) electrons. The Morgan fingerprint density at radius 3 is 1.41 bits per heavy atom. The van der Waals surface area contributed by atoms with Crippen molar-refractivity contribution in [1.29, 1.82) is 0 Å². The van der Waals surface area contributed by atoms with Crippen molar-refractivity contribution in [1.82, 2.24) is 0 Å². The van der Waals surface area contributed by atoms with E-state index in [1.165, 1.54) is 0 Å². The number of ether oxygens (including phenoxy) is 2. The molecule has 8 nitrogen and oxygen atoms in total. The van der Waals surface area contributed by atoms with Crippen LogP contribution in [0.4, 0.5) is 0 Å². The van der Waals surface area contributed by atoms with Gasteiger partial charge in [-0.25, -0.2) is 9.59 Å². The maximum atomic E-state index is 11.4. The van der Waals surface area contributed by atoms with E-state index in [9.17, 15) is 30.0 Å². The molecule has 0 spiro atoms. The van der Waals surface area contributed by atoms with Gasteiger partial charge in [0.2, 0.25) is 11.2 Å². The van der Waals surface area contributed by atoms with Gasteiger partial charge >= 0.3 is 11.9 Å². The van der Waals surface area contributed by atoms with Crippen LogP contribution in [0, 0.1) is 0 Å². The molecule has 0 aromatic heterocycles. The van der Waals surface area contributed by atoms with E-state index in [2.05, 4.69) is 0 Å². The lowest BCUT2D eigenvalue weighted by Gasteiger charge is -2.37. The zero-order valence-corrected chi connectivity index (χ0v) is 12.2. The Morgan fingerprint density at radius 2 is 1.18 bits per heavy atom. The molecule has 0 aliphatic carbocycles. The summed E-state index contributed by atoms with van der Waals surface area (Å²) in [6, 6.07) is 0. The van der Waals surface area contributed by atoms with Crippen molar-refractivity contribution in [2.75, 3.05) is 13.2 Å². The molecule has 2 aliphatic rings. The molecule has 2 rings (SSSR count). The highest BCUT2D eigenvalue weighted by Crippen LogP contribution is 2.35. The molecule has 126 valence electrons. The van der Waals surface area contributed by atoms with Crippen LogP contribution in [0.3, 0.4) is 0 Å². The van der Waals surface area contributed by atoms with Crippen molar-refractivity contribution < 1.29 is 39.5 Å². The average Bonchev–Trinajstić information content (AvgIpc) is 3.32. The molecule has 22 heavy (non-hydrogen) atoms. The zero-order chi connectivity index (χ0) is 16.4. The highest BCUT2D eigenvalue weighted by molar-refractivity contribution is 5.90. The summed E-state index contributed by atoms with van der Waals surface area (Å²) < 4.78 is 9.99. The SMILES string of the molecule is O=C(O)C(O)(CCCC1CO1)C(O)(CCCC1CO1)C(=O)O. The number of carboxylic acids is 2. The highest BCUT2D eigenvalue weighted by Gasteiger charge is 2.59. The van der Waals surface area contributed by atoms with Gasteiger partial charge in [-0.15, -0.1) is 0 Å². The number of hydrogen-bond acceptors (Lipinski definition) is 6. The van der Waals surface area contributed by atoms with Crippen LogP contribution in [0.15, 0.2) is 0 Å². The number of aliphatic hydroxyl groups is 2. The molecule has 2 heterocycles. The van der Waals surface area contributed by atoms with E-state index in [-0.39, 0.29) is 37.9 Å². The predicted octanol–water partition coefficient (Wildman–Crippen LogP) is -0.244. The Kier molecular flexibility index (Phi) is 5.06. The van der Waals surface area contributed by atoms with Gasteiger partial charge in [0, 0.05) is 0 Å². The van der Waals surface area contributed by atoms with E-state index in [4.69, 9.17) is 9.47 Å². The minimum Gasteiger partial charge on any atom is -0.479 e. The second-order valence-corrected chi connectivity index (χ2v) is 6.03. The van der Waals surface area contributed by atoms with E-state index in [0.29, 0.717) is 26.1 Å². The molecule has 0 amide bonds. The van der Waals surface area contributed by atoms with E-state index in [1.807, 2.05) is 0 Å². The summed E-state index contributed by atoms with van der Waals surface area (Å²) in [5, 5.41) is 39.4. The second kappa shape index (κ2) is 6.49. The molecule has 2 aliphatic heterocycles. The average molecular weight is 318 g/mol. The third-order valence-corrected chi connectivity index (χ3v) is 4.33. The van der Waals surface area contributed by atoms with Crippen molar-refractivity contribution in [3.05, 3.63) is 0 Å². The predicted molar refractivity (Wildman–Crippen MR) is 72.4 cm³/mol. The van der Waals surface area contributed by atoms with Crippen LogP contribution < -0.4 is 0 Å². The van der Waals surface area contributed by atoms with Crippen LogP contribution in [-0.4, -0.2) is 69.0 Å². The van der Waals surface area contributed by atoms with Crippen LogP contribution in [0.5, 0.6) is 0 Å². The fourth-order valence-electron chi connectivity index (χ4n) is 2.62. The topological polar surface area (TPSA) is 140 Å². The standard InChI is InChI=1S/C14H22O8/c15-11(16)13(19,5-1-3-9-7-21-9)14(20,12(17)18)6-2-4-10-8-22-10/h9-10,19-20H,1-8H2,(H,15,16)(H,17,18). The molecular formula is C14H22O8. The van der Waals surface area contributed by atoms with Gasteiger partial charge in [-0.2, -0.15) is 0 Å². The van der Waals surface area contributed by atoms with E-state index in [0.717, 1.165) is 0 Å². The van der Waals surface area contributed by atoms with Gasteiger partial charge in [-0.05, 0) is 38.5 Å². The summed E-state index contributed by atoms with van der Waals surface area (Å²) >= 11 is 0. The van der Waals surface area contributed by atoms with E-state index >= 15 is 0 Å². The minimum atomic E-state index is -2.72. The van der Waals surface area contributed by atoms with Crippen molar-refractivity contribution in [3.8, 4) is 0 Å². The van der Waals surface area contributed by atoms with Crippen LogP contribution in [-0.2, 0) is 19.1 Å². The summed E-state index contributed by atoms with van der Waals surface area (Å²) in [6.07, 6.45) is 0.980. The normalized spacial score (nSPS) is 28.5. The third kappa shape index (κ3) is 3.75. The van der Waals surface area contributed by atoms with Crippen molar-refractivity contribution >= 4 is 11.9 Å². The molecule has 2 saturated heterocycles. The monoisotopic (exact) mass is 318 g/mol. The van der Waals surface area contributed by atoms with Crippen molar-refractivity contribution in [3.63, 3.8) is 0 Å². The quantitative estimate of drug-likeness (QED) is 0.382. The second-order valence-electron chi connectivity index (χ2n) is 6.03. The van der Waals surface area contributed by atoms with Crippen molar-refractivity contribution in [2.24, 2.45) is 0 Å². The molecule has 2 fully saturated rings. The number of aliphatic carboxylic acids is 2. The van der Waals surface area contributed by atoms with Gasteiger partial charge in [0.25, 0.3) is 0 Å². The van der Waals surface area contributed by atoms with E-state index in [1.54, 1.807) is 0 Å². The molecule has 0 aromatic rings. The first kappa shape index (κ1) is 17.1. The number of carboxylic acid groups (broad SMARTS) is 2. The van der Waals surface area contributed by atoms with Gasteiger partial charge in [-0.1, -0.05) is 0 Å². The Bertz CT molecular complexity index is 391. The number of epoxide rings is 2. The summed E-state index contributed by atoms with van der Waals surface area (Å²) in [6.45, 7) is 1.19. The highest BCUT2D eigenvalue weighted by atomic mass is 16.6. The summed E-state index contributed by atoms with van der Waals surface area (Å²) in [5.41, 5.74) is -5.45. The van der Waals surface area contributed by atoms with Gasteiger partial charge < -0.3 is 29.9 Å². The van der Waals surface area contributed by atoms with Crippen LogP contribution in [0.25, 0.3) is 0 Å². The largest absolute Gasteiger partial charge is 0.479 e. The molecule has 4 unspecified atom stereocenters. The van der Waals surface area contributed by atoms with Gasteiger partial charge in [0.05, 0.1) is 25.4 Å². The van der Waals surface area contributed by atoms with Crippen LogP contribution in [0.1, 0.15) is 38.5 Å². The maximum absolute atomic E-state index is 11.4. The number of carbonyl (C=O) groups is 2. The lowest BCUT2D eigenvalue weighted by molar-refractivity contribution is -0.210. The van der Waals surface area contributed by atoms with Gasteiger partial charge in [0.1, 0.15) is 0 Å². The lowest BCUT2D eigenvalue weighted by atomic mass is 9.75. The molecule has 0 saturated carbocycles. The molecule has 8 heteroatoms. The summed E-state index contributed by atoms with van der Waals surface area (Å²) in [5.74, 6) is -3.45. The number of hydrogen-bond donors (Lipinski definition) is 4. The molecular weight excluding hydrogens is 296 g/mol. The minimum absolute atomic E-state index is 0.0444. The fourth-order valence-corrected chi connectivity index (χ4v) is 2.62. The number of rotatable bonds is 11. The molecule has 4 atom stereocenters. The Balaban J connectivity index is 2.02.